The minimum absolute atomic E-state index is 0.0582. The highest BCUT2D eigenvalue weighted by Gasteiger charge is 2.21. The molecule has 1 saturated carbocycles. The smallest absolute Gasteiger partial charge is 0.232 e. The Bertz CT molecular complexity index is 182. The molecule has 0 aromatic heterocycles. The third-order valence-electron chi connectivity index (χ3n) is 2.75. The zero-order valence-electron chi connectivity index (χ0n) is 8.42. The van der Waals surface area contributed by atoms with Gasteiger partial charge in [-0.1, -0.05) is 13.3 Å². The summed E-state index contributed by atoms with van der Waals surface area (Å²) < 4.78 is 0. The zero-order valence-corrected chi connectivity index (χ0v) is 9.31. The highest BCUT2D eigenvalue weighted by atomic mass is 32.1. The average Bonchev–Trinajstić information content (AvgIpc) is 2.47. The van der Waals surface area contributed by atoms with Crippen LogP contribution in [0.4, 0.5) is 0 Å². The Labute approximate surface area is 85.9 Å². The minimum Gasteiger partial charge on any atom is -0.355 e. The maximum atomic E-state index is 11.2. The van der Waals surface area contributed by atoms with Crippen molar-refractivity contribution in [2.45, 2.75) is 38.4 Å². The molecule has 0 bridgehead atoms. The van der Waals surface area contributed by atoms with Crippen LogP contribution >= 0.6 is 12.6 Å². The number of hydrogen-bond donors (Lipinski definition) is 2. The SMILES string of the molecule is CC1CCC(CNC(=O)C(C)S)C1. The van der Waals surface area contributed by atoms with Crippen LogP contribution in [0.15, 0.2) is 0 Å². The number of nitrogens with one attached hydrogen (secondary N) is 1. The Kier molecular flexibility index (Phi) is 4.10. The molecule has 76 valence electrons. The van der Waals surface area contributed by atoms with E-state index < -0.39 is 0 Å². The molecule has 0 aliphatic heterocycles. The predicted molar refractivity (Wildman–Crippen MR) is 58.0 cm³/mol. The minimum atomic E-state index is -0.182. The van der Waals surface area contributed by atoms with Gasteiger partial charge in [0.05, 0.1) is 5.25 Å². The topological polar surface area (TPSA) is 29.1 Å². The molecule has 3 atom stereocenters. The van der Waals surface area contributed by atoms with E-state index in [1.54, 1.807) is 6.92 Å². The molecule has 1 amide bonds. The first-order chi connectivity index (χ1) is 6.09. The summed E-state index contributed by atoms with van der Waals surface area (Å²) in [6.45, 7) is 4.92. The molecule has 0 spiro atoms. The monoisotopic (exact) mass is 201 g/mol. The summed E-state index contributed by atoms with van der Waals surface area (Å²) in [4.78, 5) is 11.2. The van der Waals surface area contributed by atoms with E-state index in [1.165, 1.54) is 19.3 Å². The van der Waals surface area contributed by atoms with Crippen LogP contribution in [-0.2, 0) is 4.79 Å². The molecule has 1 aliphatic rings. The van der Waals surface area contributed by atoms with Gasteiger partial charge in [-0.2, -0.15) is 12.6 Å². The molecule has 0 radical (unpaired) electrons. The van der Waals surface area contributed by atoms with E-state index in [0.717, 1.165) is 12.5 Å². The van der Waals surface area contributed by atoms with E-state index in [0.29, 0.717) is 5.92 Å². The van der Waals surface area contributed by atoms with Crippen molar-refractivity contribution in [1.82, 2.24) is 5.32 Å². The van der Waals surface area contributed by atoms with Crippen molar-refractivity contribution >= 4 is 18.5 Å². The molecule has 3 unspecified atom stereocenters. The Morgan fingerprint density at radius 1 is 1.62 bits per heavy atom. The molecule has 1 aliphatic carbocycles. The molecule has 1 rings (SSSR count). The van der Waals surface area contributed by atoms with Gasteiger partial charge < -0.3 is 5.32 Å². The Morgan fingerprint density at radius 2 is 2.31 bits per heavy atom. The van der Waals surface area contributed by atoms with Crippen molar-refractivity contribution in [2.75, 3.05) is 6.54 Å². The van der Waals surface area contributed by atoms with Gasteiger partial charge in [0.2, 0.25) is 5.91 Å². The van der Waals surface area contributed by atoms with Gasteiger partial charge in [-0.15, -0.1) is 0 Å². The lowest BCUT2D eigenvalue weighted by molar-refractivity contribution is -0.120. The summed E-state index contributed by atoms with van der Waals surface area (Å²) in [7, 11) is 0. The van der Waals surface area contributed by atoms with Gasteiger partial charge in [0, 0.05) is 6.54 Å². The Hall–Kier alpha value is -0.180. The van der Waals surface area contributed by atoms with Crippen LogP contribution in [0.25, 0.3) is 0 Å². The van der Waals surface area contributed by atoms with E-state index in [1.807, 2.05) is 0 Å². The van der Waals surface area contributed by atoms with E-state index >= 15 is 0 Å². The number of hydrogen-bond acceptors (Lipinski definition) is 2. The van der Waals surface area contributed by atoms with Crippen LogP contribution < -0.4 is 5.32 Å². The molecule has 0 heterocycles. The van der Waals surface area contributed by atoms with Crippen molar-refractivity contribution in [1.29, 1.82) is 0 Å². The van der Waals surface area contributed by atoms with Crippen molar-refractivity contribution in [2.24, 2.45) is 11.8 Å². The quantitative estimate of drug-likeness (QED) is 0.671. The maximum Gasteiger partial charge on any atom is 0.232 e. The van der Waals surface area contributed by atoms with E-state index in [-0.39, 0.29) is 11.2 Å². The maximum absolute atomic E-state index is 11.2. The second-order valence-corrected chi connectivity index (χ2v) is 4.98. The lowest BCUT2D eigenvalue weighted by Crippen LogP contribution is -2.33. The highest BCUT2D eigenvalue weighted by molar-refractivity contribution is 7.81. The van der Waals surface area contributed by atoms with Gasteiger partial charge in [0.15, 0.2) is 0 Å². The van der Waals surface area contributed by atoms with Crippen molar-refractivity contribution in [3.63, 3.8) is 0 Å². The summed E-state index contributed by atoms with van der Waals surface area (Å²) in [6.07, 6.45) is 3.85. The van der Waals surface area contributed by atoms with E-state index in [4.69, 9.17) is 0 Å². The summed E-state index contributed by atoms with van der Waals surface area (Å²) in [5.74, 6) is 1.60. The molecular formula is C10H19NOS. The van der Waals surface area contributed by atoms with Crippen molar-refractivity contribution < 1.29 is 4.79 Å². The van der Waals surface area contributed by atoms with Crippen LogP contribution in [-0.4, -0.2) is 17.7 Å². The fraction of sp³-hybridized carbons (Fsp3) is 0.900. The second kappa shape index (κ2) is 4.89. The molecular weight excluding hydrogens is 182 g/mol. The molecule has 13 heavy (non-hydrogen) atoms. The van der Waals surface area contributed by atoms with Gasteiger partial charge in [-0.05, 0) is 31.6 Å². The molecule has 1 N–H and O–H groups in total. The normalized spacial score (nSPS) is 30.1. The molecule has 0 saturated heterocycles. The molecule has 0 aromatic carbocycles. The number of carbonyl (C=O) groups excluding carboxylic acids is 1. The van der Waals surface area contributed by atoms with Crippen LogP contribution in [0.1, 0.15) is 33.1 Å². The third-order valence-corrected chi connectivity index (χ3v) is 2.98. The van der Waals surface area contributed by atoms with Crippen molar-refractivity contribution in [3.05, 3.63) is 0 Å². The van der Waals surface area contributed by atoms with Crippen molar-refractivity contribution in [3.8, 4) is 0 Å². The summed E-state index contributed by atoms with van der Waals surface area (Å²) in [6, 6.07) is 0. The fourth-order valence-electron chi connectivity index (χ4n) is 1.90. The second-order valence-electron chi connectivity index (χ2n) is 4.21. The summed E-state index contributed by atoms with van der Waals surface area (Å²) in [5.41, 5.74) is 0. The summed E-state index contributed by atoms with van der Waals surface area (Å²) >= 11 is 4.08. The number of carbonyl (C=O) groups is 1. The Morgan fingerprint density at radius 3 is 2.77 bits per heavy atom. The molecule has 0 aromatic rings. The lowest BCUT2D eigenvalue weighted by atomic mass is 10.1. The molecule has 3 heteroatoms. The first-order valence-electron chi connectivity index (χ1n) is 5.05. The largest absolute Gasteiger partial charge is 0.355 e. The van der Waals surface area contributed by atoms with Gasteiger partial charge in [0.25, 0.3) is 0 Å². The van der Waals surface area contributed by atoms with Gasteiger partial charge in [-0.3, -0.25) is 4.79 Å². The number of amides is 1. The standard InChI is InChI=1S/C10H19NOS/c1-7-3-4-9(5-7)6-11-10(12)8(2)13/h7-9,13H,3-6H2,1-2H3,(H,11,12). The first-order valence-corrected chi connectivity index (χ1v) is 5.57. The zero-order chi connectivity index (χ0) is 9.84. The first kappa shape index (κ1) is 10.9. The van der Waals surface area contributed by atoms with Gasteiger partial charge >= 0.3 is 0 Å². The molecule has 1 fully saturated rings. The predicted octanol–water partition coefficient (Wildman–Crippen LogP) is 1.86. The third kappa shape index (κ3) is 3.59. The van der Waals surface area contributed by atoms with Crippen LogP contribution in [0.5, 0.6) is 0 Å². The summed E-state index contributed by atoms with van der Waals surface area (Å²) in [5, 5.41) is 2.75. The number of thiol groups is 1. The van der Waals surface area contributed by atoms with Gasteiger partial charge in [-0.25, -0.2) is 0 Å². The van der Waals surface area contributed by atoms with E-state index in [9.17, 15) is 4.79 Å². The van der Waals surface area contributed by atoms with Crippen LogP contribution in [0.3, 0.4) is 0 Å². The lowest BCUT2D eigenvalue weighted by Gasteiger charge is -2.12. The van der Waals surface area contributed by atoms with Gasteiger partial charge in [0.1, 0.15) is 0 Å². The average molecular weight is 201 g/mol. The fourth-order valence-corrected chi connectivity index (χ4v) is 1.99. The van der Waals surface area contributed by atoms with Crippen LogP contribution in [0.2, 0.25) is 0 Å². The Balaban J connectivity index is 2.16. The van der Waals surface area contributed by atoms with E-state index in [2.05, 4.69) is 24.9 Å². The molecule has 2 nitrogen and oxygen atoms in total. The van der Waals surface area contributed by atoms with Crippen LogP contribution in [0, 0.1) is 11.8 Å². The number of rotatable bonds is 3. The highest BCUT2D eigenvalue weighted by Crippen LogP contribution is 2.29.